The molecule has 4 rings (SSSR count). The second-order valence-corrected chi connectivity index (χ2v) is 10.5. The smallest absolute Gasteiger partial charge is 0.338 e. The maximum absolute atomic E-state index is 13.7. The van der Waals surface area contributed by atoms with Crippen molar-refractivity contribution >= 4 is 39.3 Å². The molecule has 0 radical (unpaired) electrons. The lowest BCUT2D eigenvalue weighted by molar-refractivity contribution is -0.140. The van der Waals surface area contributed by atoms with Crippen molar-refractivity contribution in [2.24, 2.45) is 4.99 Å². The van der Waals surface area contributed by atoms with Gasteiger partial charge < -0.3 is 9.47 Å². The monoisotopic (exact) mass is 554 g/mol. The Balaban J connectivity index is 1.87. The largest absolute Gasteiger partial charge is 0.460 e. The van der Waals surface area contributed by atoms with E-state index in [1.807, 2.05) is 54.6 Å². The van der Waals surface area contributed by atoms with Crippen LogP contribution in [-0.4, -0.2) is 30.9 Å². The van der Waals surface area contributed by atoms with Crippen LogP contribution in [0.15, 0.2) is 74.1 Å². The predicted octanol–water partition coefficient (Wildman–Crippen LogP) is 4.31. The molecule has 1 atom stereocenters. The number of thiazole rings is 1. The lowest BCUT2D eigenvalue weighted by Crippen LogP contribution is -2.40. The molecule has 0 saturated heterocycles. The van der Waals surface area contributed by atoms with E-state index in [0.29, 0.717) is 33.1 Å². The highest BCUT2D eigenvalue weighted by Gasteiger charge is 2.33. The molecule has 2 heterocycles. The lowest BCUT2D eigenvalue weighted by Gasteiger charge is -2.25. The van der Waals surface area contributed by atoms with Gasteiger partial charge in [-0.2, -0.15) is 0 Å². The number of nitrogens with zero attached hydrogens (tertiary/aromatic N) is 2. The third-order valence-corrected chi connectivity index (χ3v) is 7.36. The van der Waals surface area contributed by atoms with Crippen LogP contribution >= 0.6 is 27.3 Å². The fraction of sp³-hybridized carbons (Fsp3) is 0.296. The van der Waals surface area contributed by atoms with Crippen LogP contribution in [0.2, 0.25) is 0 Å². The summed E-state index contributed by atoms with van der Waals surface area (Å²) in [5.41, 5.74) is 3.64. The van der Waals surface area contributed by atoms with Crippen molar-refractivity contribution in [2.75, 3.05) is 20.3 Å². The molecular weight excluding hydrogens is 528 g/mol. The number of rotatable bonds is 7. The summed E-state index contributed by atoms with van der Waals surface area (Å²) in [6, 6.07) is 15.2. The summed E-state index contributed by atoms with van der Waals surface area (Å²) in [4.78, 5) is 32.0. The maximum atomic E-state index is 13.7. The molecule has 1 aromatic heterocycles. The SMILES string of the molecule is COCCOC(=O)C1=C(C)N=c2sc(=Cc3ccc(Br)cc3)c(=O)n2C1c1ccc(C(C)C)cc1. The minimum absolute atomic E-state index is 0.124. The van der Waals surface area contributed by atoms with E-state index in [9.17, 15) is 9.59 Å². The Labute approximate surface area is 216 Å². The van der Waals surface area contributed by atoms with Crippen molar-refractivity contribution in [1.82, 2.24) is 4.57 Å². The van der Waals surface area contributed by atoms with Crippen molar-refractivity contribution in [3.05, 3.63) is 101 Å². The second kappa shape index (κ2) is 10.8. The minimum atomic E-state index is -0.630. The van der Waals surface area contributed by atoms with E-state index >= 15 is 0 Å². The highest BCUT2D eigenvalue weighted by atomic mass is 79.9. The normalized spacial score (nSPS) is 15.8. The summed E-state index contributed by atoms with van der Waals surface area (Å²) in [6.45, 7) is 6.46. The molecule has 1 aliphatic heterocycles. The Morgan fingerprint density at radius 2 is 1.83 bits per heavy atom. The van der Waals surface area contributed by atoms with Gasteiger partial charge in [0.1, 0.15) is 6.61 Å². The van der Waals surface area contributed by atoms with Gasteiger partial charge in [-0.15, -0.1) is 0 Å². The number of fused-ring (bicyclic) bond motifs is 1. The summed E-state index contributed by atoms with van der Waals surface area (Å²) in [6.07, 6.45) is 1.85. The van der Waals surface area contributed by atoms with Crippen molar-refractivity contribution in [1.29, 1.82) is 0 Å². The molecule has 35 heavy (non-hydrogen) atoms. The average Bonchev–Trinajstić information content (AvgIpc) is 3.14. The number of ether oxygens (including phenoxy) is 2. The first-order valence-corrected chi connectivity index (χ1v) is 12.9. The van der Waals surface area contributed by atoms with Crippen LogP contribution in [-0.2, 0) is 14.3 Å². The molecule has 0 saturated carbocycles. The highest BCUT2D eigenvalue weighted by molar-refractivity contribution is 9.10. The van der Waals surface area contributed by atoms with Gasteiger partial charge in [-0.25, -0.2) is 9.79 Å². The van der Waals surface area contributed by atoms with E-state index in [2.05, 4.69) is 34.8 Å². The van der Waals surface area contributed by atoms with Gasteiger partial charge in [0.05, 0.1) is 28.5 Å². The Hall–Kier alpha value is -2.81. The Morgan fingerprint density at radius 3 is 2.46 bits per heavy atom. The van der Waals surface area contributed by atoms with Gasteiger partial charge in [0.25, 0.3) is 5.56 Å². The Morgan fingerprint density at radius 1 is 1.14 bits per heavy atom. The van der Waals surface area contributed by atoms with Crippen LogP contribution in [0.5, 0.6) is 0 Å². The number of allylic oxidation sites excluding steroid dienone is 1. The van der Waals surface area contributed by atoms with Gasteiger partial charge >= 0.3 is 5.97 Å². The van der Waals surface area contributed by atoms with Crippen molar-refractivity contribution < 1.29 is 14.3 Å². The van der Waals surface area contributed by atoms with Gasteiger partial charge in [-0.3, -0.25) is 9.36 Å². The molecule has 8 heteroatoms. The maximum Gasteiger partial charge on any atom is 0.338 e. The highest BCUT2D eigenvalue weighted by Crippen LogP contribution is 2.31. The number of aromatic nitrogens is 1. The van der Waals surface area contributed by atoms with Gasteiger partial charge in [-0.1, -0.05) is 77.5 Å². The third kappa shape index (κ3) is 5.39. The number of hydrogen-bond donors (Lipinski definition) is 0. The molecule has 0 aliphatic carbocycles. The van der Waals surface area contributed by atoms with E-state index in [0.717, 1.165) is 15.6 Å². The zero-order valence-corrected chi connectivity index (χ0v) is 22.5. The van der Waals surface area contributed by atoms with Crippen LogP contribution in [0, 0.1) is 0 Å². The number of halogens is 1. The Bertz CT molecular complexity index is 1430. The number of esters is 1. The van der Waals surface area contributed by atoms with E-state index in [4.69, 9.17) is 9.47 Å². The Kier molecular flexibility index (Phi) is 7.84. The quantitative estimate of drug-likeness (QED) is 0.322. The molecule has 6 nitrogen and oxygen atoms in total. The van der Waals surface area contributed by atoms with Gasteiger partial charge in [0.2, 0.25) is 0 Å². The summed E-state index contributed by atoms with van der Waals surface area (Å²) < 4.78 is 13.6. The van der Waals surface area contributed by atoms with Crippen LogP contribution in [0.25, 0.3) is 6.08 Å². The van der Waals surface area contributed by atoms with E-state index in [1.165, 1.54) is 16.9 Å². The lowest BCUT2D eigenvalue weighted by atomic mass is 9.93. The zero-order valence-electron chi connectivity index (χ0n) is 20.1. The molecule has 1 aliphatic rings. The van der Waals surface area contributed by atoms with Crippen molar-refractivity contribution in [3.8, 4) is 0 Å². The number of carbonyl (C=O) groups excluding carboxylic acids is 1. The van der Waals surface area contributed by atoms with Gasteiger partial charge in [0, 0.05) is 11.6 Å². The summed E-state index contributed by atoms with van der Waals surface area (Å²) in [7, 11) is 1.55. The molecule has 0 N–H and O–H groups in total. The number of methoxy groups -OCH3 is 1. The standard InChI is InChI=1S/C27H27BrN2O4S/c1-16(2)19-7-9-20(10-8-19)24-23(26(32)34-14-13-33-4)17(3)29-27-30(24)25(31)22(35-27)15-18-5-11-21(28)12-6-18/h5-12,15-16,24H,13-14H2,1-4H3. The predicted molar refractivity (Wildman–Crippen MR) is 141 cm³/mol. The molecule has 0 bridgehead atoms. The first-order chi connectivity index (χ1) is 16.8. The topological polar surface area (TPSA) is 69.9 Å². The molecule has 0 amide bonds. The molecule has 0 spiro atoms. The summed E-state index contributed by atoms with van der Waals surface area (Å²) in [5, 5.41) is 0. The fourth-order valence-corrected chi connectivity index (χ4v) is 5.28. The van der Waals surface area contributed by atoms with Gasteiger partial charge in [0.15, 0.2) is 4.80 Å². The van der Waals surface area contributed by atoms with Crippen LogP contribution in [0.1, 0.15) is 49.4 Å². The van der Waals surface area contributed by atoms with Crippen molar-refractivity contribution in [2.45, 2.75) is 32.7 Å². The minimum Gasteiger partial charge on any atom is -0.460 e. The molecule has 3 aromatic rings. The molecule has 2 aromatic carbocycles. The second-order valence-electron chi connectivity index (χ2n) is 8.58. The molecule has 0 fully saturated rings. The average molecular weight is 555 g/mol. The third-order valence-electron chi connectivity index (χ3n) is 5.85. The van der Waals surface area contributed by atoms with E-state index in [1.54, 1.807) is 18.6 Å². The summed E-state index contributed by atoms with van der Waals surface area (Å²) >= 11 is 4.76. The van der Waals surface area contributed by atoms with Crippen LogP contribution in [0.4, 0.5) is 0 Å². The molecular formula is C27H27BrN2O4S. The summed E-state index contributed by atoms with van der Waals surface area (Å²) in [5.74, 6) is -0.129. The van der Waals surface area contributed by atoms with E-state index in [-0.39, 0.29) is 12.2 Å². The first-order valence-electron chi connectivity index (χ1n) is 11.3. The van der Waals surface area contributed by atoms with E-state index < -0.39 is 12.0 Å². The van der Waals surface area contributed by atoms with Crippen LogP contribution in [0.3, 0.4) is 0 Å². The zero-order chi connectivity index (χ0) is 25.1. The number of hydrogen-bond acceptors (Lipinski definition) is 6. The number of benzene rings is 2. The molecule has 182 valence electrons. The fourth-order valence-electron chi connectivity index (χ4n) is 3.97. The van der Waals surface area contributed by atoms with Gasteiger partial charge in [-0.05, 0) is 47.7 Å². The first kappa shape index (κ1) is 25.3. The van der Waals surface area contributed by atoms with Crippen molar-refractivity contribution in [3.63, 3.8) is 0 Å². The molecule has 1 unspecified atom stereocenters. The van der Waals surface area contributed by atoms with Crippen LogP contribution < -0.4 is 14.9 Å². The number of carbonyl (C=O) groups is 1.